The first kappa shape index (κ1) is 11.8. The molecule has 5 heteroatoms. The second-order valence-corrected chi connectivity index (χ2v) is 3.48. The highest BCUT2D eigenvalue weighted by Crippen LogP contribution is 2.26. The molecule has 0 aromatic heterocycles. The molecule has 0 atom stereocenters. The quantitative estimate of drug-likeness (QED) is 0.446. The molecule has 0 unspecified atom stereocenters. The van der Waals surface area contributed by atoms with Gasteiger partial charge in [-0.1, -0.05) is 24.3 Å². The van der Waals surface area contributed by atoms with Crippen molar-refractivity contribution in [2.75, 3.05) is 20.3 Å². The van der Waals surface area contributed by atoms with Gasteiger partial charge in [-0.15, -0.1) is 0 Å². The van der Waals surface area contributed by atoms with Crippen molar-refractivity contribution in [3.8, 4) is 0 Å². The van der Waals surface area contributed by atoms with Gasteiger partial charge in [-0.3, -0.25) is 4.79 Å². The molecule has 2 rings (SSSR count). The summed E-state index contributed by atoms with van der Waals surface area (Å²) >= 11 is 0. The van der Waals surface area contributed by atoms with Crippen LogP contribution in [0.2, 0.25) is 0 Å². The standard InChI is InChI=1S/C12H12O5/c1-15-11(14)10(13)8-4-2-3-5-9(8)12-16-6-7-17-12/h2-5,12H,6-7H2,1H3. The van der Waals surface area contributed by atoms with E-state index in [9.17, 15) is 9.59 Å². The van der Waals surface area contributed by atoms with Crippen LogP contribution < -0.4 is 0 Å². The molecule has 1 heterocycles. The van der Waals surface area contributed by atoms with Crippen molar-refractivity contribution in [2.24, 2.45) is 0 Å². The molecule has 90 valence electrons. The number of rotatable bonds is 3. The van der Waals surface area contributed by atoms with Crippen LogP contribution in [-0.2, 0) is 19.0 Å². The Bertz CT molecular complexity index is 434. The zero-order chi connectivity index (χ0) is 12.3. The highest BCUT2D eigenvalue weighted by Gasteiger charge is 2.26. The Balaban J connectivity index is 2.33. The number of esters is 1. The third kappa shape index (κ3) is 2.35. The molecule has 0 saturated carbocycles. The summed E-state index contributed by atoms with van der Waals surface area (Å²) in [5.41, 5.74) is 0.812. The van der Waals surface area contributed by atoms with E-state index >= 15 is 0 Å². The second kappa shape index (κ2) is 5.07. The first-order valence-electron chi connectivity index (χ1n) is 5.19. The van der Waals surface area contributed by atoms with E-state index in [4.69, 9.17) is 9.47 Å². The minimum absolute atomic E-state index is 0.256. The number of ether oxygens (including phenoxy) is 3. The SMILES string of the molecule is COC(=O)C(=O)c1ccccc1C1OCCO1. The number of carbonyl (C=O) groups excluding carboxylic acids is 2. The summed E-state index contributed by atoms with van der Waals surface area (Å²) in [6.07, 6.45) is -0.584. The van der Waals surface area contributed by atoms with Gasteiger partial charge in [0.15, 0.2) is 6.29 Å². The van der Waals surface area contributed by atoms with Crippen LogP contribution in [-0.4, -0.2) is 32.1 Å². The van der Waals surface area contributed by atoms with Crippen molar-refractivity contribution in [1.29, 1.82) is 0 Å². The normalized spacial score (nSPS) is 15.8. The molecule has 1 fully saturated rings. The van der Waals surface area contributed by atoms with Crippen molar-refractivity contribution in [3.63, 3.8) is 0 Å². The Morgan fingerprint density at radius 2 is 1.88 bits per heavy atom. The van der Waals surface area contributed by atoms with E-state index in [2.05, 4.69) is 4.74 Å². The number of benzene rings is 1. The van der Waals surface area contributed by atoms with E-state index in [1.54, 1.807) is 24.3 Å². The van der Waals surface area contributed by atoms with Gasteiger partial charge in [-0.05, 0) is 0 Å². The van der Waals surface area contributed by atoms with E-state index in [1.807, 2.05) is 0 Å². The largest absolute Gasteiger partial charge is 0.463 e. The summed E-state index contributed by atoms with van der Waals surface area (Å²) in [5, 5.41) is 0. The molecule has 1 aliphatic heterocycles. The Hall–Kier alpha value is -1.72. The number of carbonyl (C=O) groups is 2. The van der Waals surface area contributed by atoms with Crippen LogP contribution in [0, 0.1) is 0 Å². The van der Waals surface area contributed by atoms with Crippen molar-refractivity contribution in [3.05, 3.63) is 35.4 Å². The summed E-state index contributed by atoms with van der Waals surface area (Å²) in [5.74, 6) is -1.59. The van der Waals surface area contributed by atoms with Gasteiger partial charge >= 0.3 is 5.97 Å². The molecule has 1 aliphatic rings. The fraction of sp³-hybridized carbons (Fsp3) is 0.333. The van der Waals surface area contributed by atoms with Crippen molar-refractivity contribution < 1.29 is 23.8 Å². The van der Waals surface area contributed by atoms with Crippen LogP contribution in [0.15, 0.2) is 24.3 Å². The maximum absolute atomic E-state index is 11.8. The minimum Gasteiger partial charge on any atom is -0.463 e. The number of ketones is 1. The Labute approximate surface area is 98.3 Å². The molecular weight excluding hydrogens is 224 g/mol. The lowest BCUT2D eigenvalue weighted by Crippen LogP contribution is -2.18. The van der Waals surface area contributed by atoms with E-state index in [0.29, 0.717) is 18.8 Å². The molecule has 0 bridgehead atoms. The first-order chi connectivity index (χ1) is 8.24. The number of hydrogen-bond donors (Lipinski definition) is 0. The molecule has 0 amide bonds. The summed E-state index contributed by atoms with van der Waals surface area (Å²) < 4.78 is 15.0. The lowest BCUT2D eigenvalue weighted by atomic mass is 10.0. The summed E-state index contributed by atoms with van der Waals surface area (Å²) in [6, 6.07) is 6.69. The average Bonchev–Trinajstić information content (AvgIpc) is 2.90. The summed E-state index contributed by atoms with van der Waals surface area (Å²) in [7, 11) is 1.17. The molecule has 0 radical (unpaired) electrons. The van der Waals surface area contributed by atoms with Gasteiger partial charge in [0, 0.05) is 11.1 Å². The third-order valence-electron chi connectivity index (χ3n) is 2.45. The van der Waals surface area contributed by atoms with Crippen molar-refractivity contribution >= 4 is 11.8 Å². The minimum atomic E-state index is -0.893. The number of hydrogen-bond acceptors (Lipinski definition) is 5. The Kier molecular flexibility index (Phi) is 3.51. The molecule has 1 aromatic carbocycles. The Morgan fingerprint density at radius 3 is 2.53 bits per heavy atom. The molecule has 0 N–H and O–H groups in total. The van der Waals surface area contributed by atoms with E-state index < -0.39 is 18.0 Å². The van der Waals surface area contributed by atoms with Crippen LogP contribution in [0.25, 0.3) is 0 Å². The van der Waals surface area contributed by atoms with Crippen LogP contribution >= 0.6 is 0 Å². The highest BCUT2D eigenvalue weighted by molar-refractivity contribution is 6.41. The number of methoxy groups -OCH3 is 1. The van der Waals surface area contributed by atoms with Crippen molar-refractivity contribution in [1.82, 2.24) is 0 Å². The van der Waals surface area contributed by atoms with Crippen molar-refractivity contribution in [2.45, 2.75) is 6.29 Å². The van der Waals surface area contributed by atoms with Crippen LogP contribution in [0.3, 0.4) is 0 Å². The zero-order valence-electron chi connectivity index (χ0n) is 9.34. The molecule has 0 spiro atoms. The van der Waals surface area contributed by atoms with Crippen LogP contribution in [0.5, 0.6) is 0 Å². The molecule has 1 saturated heterocycles. The topological polar surface area (TPSA) is 61.8 Å². The van der Waals surface area contributed by atoms with Gasteiger partial charge in [0.25, 0.3) is 5.78 Å². The van der Waals surface area contributed by atoms with Gasteiger partial charge in [0.1, 0.15) is 0 Å². The second-order valence-electron chi connectivity index (χ2n) is 3.48. The predicted molar refractivity (Wildman–Crippen MR) is 57.4 cm³/mol. The van der Waals surface area contributed by atoms with Gasteiger partial charge in [-0.2, -0.15) is 0 Å². The monoisotopic (exact) mass is 236 g/mol. The highest BCUT2D eigenvalue weighted by atomic mass is 16.7. The fourth-order valence-electron chi connectivity index (χ4n) is 1.65. The van der Waals surface area contributed by atoms with E-state index in [-0.39, 0.29) is 5.56 Å². The smallest absolute Gasteiger partial charge is 0.379 e. The van der Waals surface area contributed by atoms with Gasteiger partial charge in [0.05, 0.1) is 20.3 Å². The van der Waals surface area contributed by atoms with E-state index in [0.717, 1.165) is 0 Å². The van der Waals surface area contributed by atoms with Crippen LogP contribution in [0.4, 0.5) is 0 Å². The Morgan fingerprint density at radius 1 is 1.24 bits per heavy atom. The first-order valence-corrected chi connectivity index (χ1v) is 5.19. The summed E-state index contributed by atoms with van der Waals surface area (Å²) in [6.45, 7) is 0.955. The van der Waals surface area contributed by atoms with Gasteiger partial charge < -0.3 is 14.2 Å². The fourth-order valence-corrected chi connectivity index (χ4v) is 1.65. The van der Waals surface area contributed by atoms with Gasteiger partial charge in [0.2, 0.25) is 0 Å². The van der Waals surface area contributed by atoms with E-state index in [1.165, 1.54) is 7.11 Å². The average molecular weight is 236 g/mol. The maximum Gasteiger partial charge on any atom is 0.379 e. The summed E-state index contributed by atoms with van der Waals surface area (Å²) in [4.78, 5) is 23.0. The van der Waals surface area contributed by atoms with Crippen LogP contribution in [0.1, 0.15) is 22.2 Å². The predicted octanol–water partition coefficient (Wildman–Crippen LogP) is 1.09. The molecule has 5 nitrogen and oxygen atoms in total. The molecule has 0 aliphatic carbocycles. The van der Waals surface area contributed by atoms with Gasteiger partial charge in [-0.25, -0.2) is 4.79 Å². The lowest BCUT2D eigenvalue weighted by Gasteiger charge is -2.12. The number of Topliss-reactive ketones (excluding diaryl/α,β-unsaturated/α-hetero) is 1. The molecule has 1 aromatic rings. The third-order valence-corrected chi connectivity index (χ3v) is 2.45. The molecule has 17 heavy (non-hydrogen) atoms. The lowest BCUT2D eigenvalue weighted by molar-refractivity contribution is -0.135. The zero-order valence-corrected chi connectivity index (χ0v) is 9.34. The maximum atomic E-state index is 11.8. The molecular formula is C12H12O5.